The summed E-state index contributed by atoms with van der Waals surface area (Å²) >= 11 is 0. The zero-order valence-corrected chi connectivity index (χ0v) is 7.41. The third-order valence-corrected chi connectivity index (χ3v) is 1.82. The summed E-state index contributed by atoms with van der Waals surface area (Å²) in [7, 11) is 1.50. The summed E-state index contributed by atoms with van der Waals surface area (Å²) in [6, 6.07) is 1.32. The second-order valence-corrected chi connectivity index (χ2v) is 2.84. The van der Waals surface area contributed by atoms with Crippen molar-refractivity contribution in [3.63, 3.8) is 0 Å². The molecule has 13 heavy (non-hydrogen) atoms. The highest BCUT2D eigenvalue weighted by Crippen LogP contribution is 2.19. The number of rotatable bonds is 1. The topological polar surface area (TPSA) is 26.5 Å². The number of hydrogen-bond acceptors (Lipinski definition) is 2. The van der Waals surface area contributed by atoms with Crippen LogP contribution in [0, 0.1) is 12.7 Å². The van der Waals surface area contributed by atoms with Crippen molar-refractivity contribution in [3.8, 4) is 5.75 Å². The van der Waals surface area contributed by atoms with Crippen LogP contribution in [0.15, 0.2) is 18.5 Å². The lowest BCUT2D eigenvalue weighted by molar-refractivity contribution is 0.413. The highest BCUT2D eigenvalue weighted by atomic mass is 19.1. The van der Waals surface area contributed by atoms with Crippen molar-refractivity contribution in [2.24, 2.45) is 0 Å². The Balaban J connectivity index is 2.80. The maximum absolute atomic E-state index is 13.0. The van der Waals surface area contributed by atoms with Crippen LogP contribution in [0.3, 0.4) is 0 Å². The molecule has 0 aliphatic carbocycles. The third kappa shape index (κ3) is 1.24. The van der Waals surface area contributed by atoms with E-state index in [9.17, 15) is 4.39 Å². The SMILES string of the molecule is COc1cc(F)cn2cc(C)nc12. The van der Waals surface area contributed by atoms with Crippen LogP contribution in [0.5, 0.6) is 5.75 Å². The third-order valence-electron chi connectivity index (χ3n) is 1.82. The van der Waals surface area contributed by atoms with Gasteiger partial charge in [0.25, 0.3) is 0 Å². The molecule has 0 amide bonds. The molecule has 3 nitrogen and oxygen atoms in total. The first-order chi connectivity index (χ1) is 6.20. The fourth-order valence-corrected chi connectivity index (χ4v) is 1.31. The minimum absolute atomic E-state index is 0.332. The van der Waals surface area contributed by atoms with Gasteiger partial charge in [-0.1, -0.05) is 0 Å². The molecule has 0 radical (unpaired) electrons. The molecule has 0 atom stereocenters. The van der Waals surface area contributed by atoms with Gasteiger partial charge in [-0.15, -0.1) is 0 Å². The van der Waals surface area contributed by atoms with Gasteiger partial charge in [-0.25, -0.2) is 9.37 Å². The predicted octanol–water partition coefficient (Wildman–Crippen LogP) is 1.79. The fourth-order valence-electron chi connectivity index (χ4n) is 1.31. The number of aromatic nitrogens is 2. The summed E-state index contributed by atoms with van der Waals surface area (Å²) in [6.07, 6.45) is 3.12. The number of halogens is 1. The molecule has 0 saturated carbocycles. The molecule has 4 heteroatoms. The quantitative estimate of drug-likeness (QED) is 0.668. The Kier molecular flexibility index (Phi) is 1.69. The van der Waals surface area contributed by atoms with Crippen LogP contribution in [0.1, 0.15) is 5.69 Å². The molecule has 0 unspecified atom stereocenters. The summed E-state index contributed by atoms with van der Waals surface area (Å²) in [5.41, 5.74) is 1.48. The van der Waals surface area contributed by atoms with Crippen molar-refractivity contribution in [1.29, 1.82) is 0 Å². The van der Waals surface area contributed by atoms with Crippen LogP contribution < -0.4 is 4.74 Å². The molecule has 0 saturated heterocycles. The Hall–Kier alpha value is -1.58. The van der Waals surface area contributed by atoms with Crippen LogP contribution in [0.25, 0.3) is 5.65 Å². The van der Waals surface area contributed by atoms with Crippen molar-refractivity contribution < 1.29 is 9.13 Å². The molecular weight excluding hydrogens is 171 g/mol. The highest BCUT2D eigenvalue weighted by Gasteiger charge is 2.06. The van der Waals surface area contributed by atoms with E-state index in [-0.39, 0.29) is 5.82 Å². The standard InChI is InChI=1S/C9H9FN2O/c1-6-4-12-5-7(10)3-8(13-2)9(12)11-6/h3-5H,1-2H3. The van der Waals surface area contributed by atoms with Gasteiger partial charge in [-0.2, -0.15) is 0 Å². The predicted molar refractivity (Wildman–Crippen MR) is 46.4 cm³/mol. The molecule has 0 aliphatic rings. The van der Waals surface area contributed by atoms with Crippen molar-refractivity contribution in [2.75, 3.05) is 7.11 Å². The van der Waals surface area contributed by atoms with E-state index < -0.39 is 0 Å². The maximum Gasteiger partial charge on any atom is 0.180 e. The summed E-state index contributed by atoms with van der Waals surface area (Å²) in [4.78, 5) is 4.20. The van der Waals surface area contributed by atoms with Gasteiger partial charge >= 0.3 is 0 Å². The minimum Gasteiger partial charge on any atom is -0.493 e. The van der Waals surface area contributed by atoms with E-state index in [0.29, 0.717) is 11.4 Å². The molecule has 0 fully saturated rings. The van der Waals surface area contributed by atoms with Gasteiger partial charge in [0, 0.05) is 18.5 Å². The number of nitrogens with zero attached hydrogens (tertiary/aromatic N) is 2. The van der Waals surface area contributed by atoms with Gasteiger partial charge in [0.1, 0.15) is 5.82 Å². The molecule has 2 heterocycles. The monoisotopic (exact) mass is 180 g/mol. The van der Waals surface area contributed by atoms with Gasteiger partial charge < -0.3 is 9.14 Å². The summed E-state index contributed by atoms with van der Waals surface area (Å²) in [5, 5.41) is 0. The van der Waals surface area contributed by atoms with Crippen molar-refractivity contribution >= 4 is 5.65 Å². The molecule has 2 rings (SSSR count). The van der Waals surface area contributed by atoms with Crippen LogP contribution in [0.2, 0.25) is 0 Å². The van der Waals surface area contributed by atoms with E-state index in [1.54, 1.807) is 10.6 Å². The first kappa shape index (κ1) is 8.04. The molecule has 0 bridgehead atoms. The normalized spacial score (nSPS) is 10.7. The molecular formula is C9H9FN2O. The Morgan fingerprint density at radius 1 is 1.46 bits per heavy atom. The van der Waals surface area contributed by atoms with Crippen LogP contribution in [-0.4, -0.2) is 16.5 Å². The average Bonchev–Trinajstić information content (AvgIpc) is 2.43. The van der Waals surface area contributed by atoms with E-state index in [0.717, 1.165) is 5.69 Å². The van der Waals surface area contributed by atoms with Crippen molar-refractivity contribution in [1.82, 2.24) is 9.38 Å². The highest BCUT2D eigenvalue weighted by molar-refractivity contribution is 5.54. The fraction of sp³-hybridized carbons (Fsp3) is 0.222. The van der Waals surface area contributed by atoms with E-state index >= 15 is 0 Å². The Morgan fingerprint density at radius 3 is 2.92 bits per heavy atom. The van der Waals surface area contributed by atoms with Gasteiger partial charge in [-0.3, -0.25) is 0 Å². The lowest BCUT2D eigenvalue weighted by Gasteiger charge is -2.01. The molecule has 0 spiro atoms. The number of aryl methyl sites for hydroxylation is 1. The first-order valence-electron chi connectivity index (χ1n) is 3.89. The molecule has 0 aliphatic heterocycles. The van der Waals surface area contributed by atoms with Crippen molar-refractivity contribution in [2.45, 2.75) is 6.92 Å². The molecule has 2 aromatic rings. The van der Waals surface area contributed by atoms with Gasteiger partial charge in [0.05, 0.1) is 12.8 Å². The van der Waals surface area contributed by atoms with E-state index in [1.165, 1.54) is 19.4 Å². The largest absolute Gasteiger partial charge is 0.493 e. The zero-order valence-electron chi connectivity index (χ0n) is 7.41. The maximum atomic E-state index is 13.0. The molecule has 68 valence electrons. The van der Waals surface area contributed by atoms with Gasteiger partial charge in [-0.05, 0) is 6.92 Å². The summed E-state index contributed by atoms with van der Waals surface area (Å²) in [5.74, 6) is 0.120. The zero-order chi connectivity index (χ0) is 9.42. The van der Waals surface area contributed by atoms with Crippen LogP contribution >= 0.6 is 0 Å². The number of ether oxygens (including phenoxy) is 1. The lowest BCUT2D eigenvalue weighted by Crippen LogP contribution is -1.91. The number of fused-ring (bicyclic) bond motifs is 1. The lowest BCUT2D eigenvalue weighted by atomic mass is 10.4. The average molecular weight is 180 g/mol. The van der Waals surface area contributed by atoms with E-state index in [4.69, 9.17) is 4.74 Å². The smallest absolute Gasteiger partial charge is 0.180 e. The minimum atomic E-state index is -0.332. The second kappa shape index (κ2) is 2.73. The number of methoxy groups -OCH3 is 1. The Labute approximate surface area is 74.8 Å². The second-order valence-electron chi connectivity index (χ2n) is 2.84. The molecule has 0 aromatic carbocycles. The Morgan fingerprint density at radius 2 is 2.23 bits per heavy atom. The Bertz CT molecular complexity index is 450. The summed E-state index contributed by atoms with van der Waals surface area (Å²) < 4.78 is 19.6. The van der Waals surface area contributed by atoms with E-state index in [2.05, 4.69) is 4.98 Å². The van der Waals surface area contributed by atoms with E-state index in [1.807, 2.05) is 6.92 Å². The van der Waals surface area contributed by atoms with Crippen LogP contribution in [0.4, 0.5) is 4.39 Å². The van der Waals surface area contributed by atoms with Crippen LogP contribution in [-0.2, 0) is 0 Å². The van der Waals surface area contributed by atoms with Gasteiger partial charge in [0.2, 0.25) is 0 Å². The molecule has 0 N–H and O–H groups in total. The summed E-state index contributed by atoms with van der Waals surface area (Å²) in [6.45, 7) is 1.85. The number of pyridine rings is 1. The van der Waals surface area contributed by atoms with Crippen molar-refractivity contribution in [3.05, 3.63) is 30.0 Å². The van der Waals surface area contributed by atoms with Gasteiger partial charge in [0.15, 0.2) is 11.4 Å². The first-order valence-corrected chi connectivity index (χ1v) is 3.89. The molecule has 2 aromatic heterocycles. The number of imidazole rings is 1. The number of hydrogen-bond donors (Lipinski definition) is 0.